The number of carbonyl (C=O) groups excluding carboxylic acids is 1. The molecule has 2 aromatic carbocycles. The molecule has 0 fully saturated rings. The van der Waals surface area contributed by atoms with Gasteiger partial charge in [0.05, 0.1) is 0 Å². The monoisotopic (exact) mass is 307 g/mol. The molecule has 2 aromatic rings. The average molecular weight is 308 g/mol. The average Bonchev–Trinajstić information content (AvgIpc) is 2.47. The van der Waals surface area contributed by atoms with Crippen LogP contribution in [0, 0.1) is 0 Å². The van der Waals surface area contributed by atoms with E-state index in [0.29, 0.717) is 6.42 Å². The number of halogens is 1. The Morgan fingerprint density at radius 2 is 1.70 bits per heavy atom. The fourth-order valence-corrected chi connectivity index (χ4v) is 2.39. The zero-order valence-corrected chi connectivity index (χ0v) is 13.0. The number of carbonyl (C=O) groups is 1. The Labute approximate surface area is 130 Å². The topological polar surface area (TPSA) is 44.7 Å². The van der Waals surface area contributed by atoms with Crippen LogP contribution in [0.1, 0.15) is 15.9 Å². The molecule has 0 aliphatic rings. The number of thioether (sulfide) groups is 1. The molecule has 0 radical (unpaired) electrons. The van der Waals surface area contributed by atoms with Gasteiger partial charge in [-0.3, -0.25) is 4.79 Å². The number of rotatable bonds is 5. The van der Waals surface area contributed by atoms with Crippen LogP contribution in [-0.2, 0) is 6.42 Å². The molecule has 1 atom stereocenters. The molecule has 0 amide bonds. The maximum atomic E-state index is 12.3. The summed E-state index contributed by atoms with van der Waals surface area (Å²) in [5, 5.41) is 0. The van der Waals surface area contributed by atoms with Crippen molar-refractivity contribution in [2.45, 2.75) is 17.4 Å². The highest BCUT2D eigenvalue weighted by Crippen LogP contribution is 2.16. The van der Waals surface area contributed by atoms with Crippen molar-refractivity contribution in [3.05, 3.63) is 65.7 Å². The summed E-state index contributed by atoms with van der Waals surface area (Å²) in [5.74, 6) is 0.108. The van der Waals surface area contributed by atoms with Gasteiger partial charge in [-0.15, -0.1) is 11.8 Å². The van der Waals surface area contributed by atoms with Crippen molar-refractivity contribution in [3.8, 4) is 0 Å². The van der Waals surface area contributed by atoms with E-state index in [9.17, 15) is 4.79 Å². The van der Waals surface area contributed by atoms with E-state index in [0.717, 1.165) is 11.1 Å². The zero-order chi connectivity index (χ0) is 13.7. The molecule has 0 bridgehead atoms. The van der Waals surface area contributed by atoms with E-state index in [-0.39, 0.29) is 24.2 Å². The highest BCUT2D eigenvalue weighted by atomic mass is 35.5. The molecule has 0 heterocycles. The predicted octanol–water partition coefficient (Wildman–Crippen LogP) is -0.552. The van der Waals surface area contributed by atoms with Crippen LogP contribution in [-0.4, -0.2) is 18.1 Å². The number of Topliss-reactive ketones (excluding diaryl/α,β-unsaturated/α-hetero) is 1. The van der Waals surface area contributed by atoms with Crippen LogP contribution in [0.2, 0.25) is 0 Å². The maximum Gasteiger partial charge on any atom is 0.220 e. The first-order valence-electron chi connectivity index (χ1n) is 6.26. The van der Waals surface area contributed by atoms with E-state index in [1.807, 2.05) is 60.9 Å². The second-order valence-corrected chi connectivity index (χ2v) is 5.36. The molecule has 0 unspecified atom stereocenters. The van der Waals surface area contributed by atoms with Gasteiger partial charge in [0, 0.05) is 16.9 Å². The number of hydrogen-bond acceptors (Lipinski definition) is 2. The quantitative estimate of drug-likeness (QED) is 0.595. The number of hydrogen-bond donors (Lipinski definition) is 1. The molecule has 4 heteroatoms. The fraction of sp³-hybridized carbons (Fsp3) is 0.188. The summed E-state index contributed by atoms with van der Waals surface area (Å²) in [6, 6.07) is 17.5. The molecule has 0 aliphatic carbocycles. The van der Waals surface area contributed by atoms with Crippen molar-refractivity contribution >= 4 is 17.5 Å². The van der Waals surface area contributed by atoms with Gasteiger partial charge in [-0.1, -0.05) is 42.5 Å². The molecule has 2 nitrogen and oxygen atoms in total. The third-order valence-electron chi connectivity index (χ3n) is 3.07. The molecule has 0 aliphatic heterocycles. The number of quaternary nitrogens is 1. The Kier molecular flexibility index (Phi) is 6.79. The van der Waals surface area contributed by atoms with Crippen LogP contribution in [0.4, 0.5) is 0 Å². The number of ketones is 1. The van der Waals surface area contributed by atoms with Gasteiger partial charge < -0.3 is 18.1 Å². The lowest BCUT2D eigenvalue weighted by Gasteiger charge is -2.08. The summed E-state index contributed by atoms with van der Waals surface area (Å²) in [4.78, 5) is 13.4. The van der Waals surface area contributed by atoms with E-state index in [4.69, 9.17) is 0 Å². The van der Waals surface area contributed by atoms with E-state index < -0.39 is 0 Å². The first-order chi connectivity index (χ1) is 9.20. The minimum Gasteiger partial charge on any atom is -1.00 e. The molecule has 20 heavy (non-hydrogen) atoms. The second kappa shape index (κ2) is 8.10. The largest absolute Gasteiger partial charge is 1.00 e. The van der Waals surface area contributed by atoms with Gasteiger partial charge in [-0.25, -0.2) is 0 Å². The molecule has 0 spiro atoms. The van der Waals surface area contributed by atoms with E-state index in [1.165, 1.54) is 4.90 Å². The second-order valence-electron chi connectivity index (χ2n) is 4.48. The molecular weight excluding hydrogens is 290 g/mol. The van der Waals surface area contributed by atoms with Crippen molar-refractivity contribution in [3.63, 3.8) is 0 Å². The molecule has 0 aromatic heterocycles. The van der Waals surface area contributed by atoms with Crippen molar-refractivity contribution in [2.24, 2.45) is 0 Å². The van der Waals surface area contributed by atoms with Gasteiger partial charge in [0.15, 0.2) is 6.04 Å². The highest BCUT2D eigenvalue weighted by molar-refractivity contribution is 7.98. The lowest BCUT2D eigenvalue weighted by molar-refractivity contribution is -0.398. The summed E-state index contributed by atoms with van der Waals surface area (Å²) in [6.07, 6.45) is 2.71. The van der Waals surface area contributed by atoms with Gasteiger partial charge in [-0.05, 0) is 24.0 Å². The van der Waals surface area contributed by atoms with Crippen LogP contribution < -0.4 is 18.1 Å². The van der Waals surface area contributed by atoms with E-state index in [1.54, 1.807) is 11.8 Å². The third-order valence-corrected chi connectivity index (χ3v) is 3.81. The molecule has 2 rings (SSSR count). The minimum absolute atomic E-state index is 0. The van der Waals surface area contributed by atoms with Crippen LogP contribution in [0.15, 0.2) is 59.5 Å². The van der Waals surface area contributed by atoms with Crippen LogP contribution in [0.3, 0.4) is 0 Å². The van der Waals surface area contributed by atoms with Gasteiger partial charge in [0.2, 0.25) is 5.78 Å². The van der Waals surface area contributed by atoms with Crippen molar-refractivity contribution in [1.29, 1.82) is 0 Å². The molecule has 0 saturated heterocycles. The van der Waals surface area contributed by atoms with Crippen molar-refractivity contribution in [1.82, 2.24) is 0 Å². The zero-order valence-electron chi connectivity index (χ0n) is 11.4. The molecule has 106 valence electrons. The van der Waals surface area contributed by atoms with E-state index in [2.05, 4.69) is 5.73 Å². The van der Waals surface area contributed by atoms with Gasteiger partial charge in [0.25, 0.3) is 0 Å². The maximum absolute atomic E-state index is 12.3. The van der Waals surface area contributed by atoms with Crippen LogP contribution >= 0.6 is 11.8 Å². The SMILES string of the molecule is CSc1ccc(C(=O)[C@@H]([NH3+])Cc2ccccc2)cc1.[Cl-]. The Morgan fingerprint density at radius 3 is 2.25 bits per heavy atom. The Morgan fingerprint density at radius 1 is 1.10 bits per heavy atom. The summed E-state index contributed by atoms with van der Waals surface area (Å²) in [5.41, 5.74) is 5.89. The van der Waals surface area contributed by atoms with Gasteiger partial charge >= 0.3 is 0 Å². The van der Waals surface area contributed by atoms with Crippen molar-refractivity contribution in [2.75, 3.05) is 6.26 Å². The Hall–Kier alpha value is -1.29. The first-order valence-corrected chi connectivity index (χ1v) is 7.48. The standard InChI is InChI=1S/C16H17NOS.ClH/c1-19-14-9-7-13(8-10-14)16(18)15(17)11-12-5-3-2-4-6-12;/h2-10,15H,11,17H2,1H3;1H/t15-;/m0./s1. The van der Waals surface area contributed by atoms with Crippen LogP contribution in [0.5, 0.6) is 0 Å². The van der Waals surface area contributed by atoms with E-state index >= 15 is 0 Å². The van der Waals surface area contributed by atoms with Gasteiger partial charge in [0.1, 0.15) is 0 Å². The molecular formula is C16H18ClNOS. The first kappa shape index (κ1) is 16.8. The van der Waals surface area contributed by atoms with Gasteiger partial charge in [-0.2, -0.15) is 0 Å². The normalized spacial score (nSPS) is 11.5. The summed E-state index contributed by atoms with van der Waals surface area (Å²) >= 11 is 1.67. The summed E-state index contributed by atoms with van der Waals surface area (Å²) in [6.45, 7) is 0. The lowest BCUT2D eigenvalue weighted by atomic mass is 9.98. The smallest absolute Gasteiger partial charge is 0.220 e. The molecule has 3 N–H and O–H groups in total. The Balaban J connectivity index is 0.00000200. The lowest BCUT2D eigenvalue weighted by Crippen LogP contribution is -3.00. The summed E-state index contributed by atoms with van der Waals surface area (Å²) < 4.78 is 0. The van der Waals surface area contributed by atoms with Crippen molar-refractivity contribution < 1.29 is 22.9 Å². The third kappa shape index (κ3) is 4.37. The predicted molar refractivity (Wildman–Crippen MR) is 79.4 cm³/mol. The van der Waals surface area contributed by atoms with Crippen LogP contribution in [0.25, 0.3) is 0 Å². The molecule has 0 saturated carbocycles. The summed E-state index contributed by atoms with van der Waals surface area (Å²) in [7, 11) is 0. The number of benzene rings is 2. The fourth-order valence-electron chi connectivity index (χ4n) is 1.98. The Bertz CT molecular complexity index is 542. The minimum atomic E-state index is -0.234. The highest BCUT2D eigenvalue weighted by Gasteiger charge is 2.19.